The van der Waals surface area contributed by atoms with Crippen molar-refractivity contribution in [3.05, 3.63) is 29.8 Å². The number of nitrogens with zero attached hydrogens (tertiary/aromatic N) is 1. The normalized spacial score (nSPS) is 19.9. The molecule has 96 valence electrons. The number of benzene rings is 1. The maximum atomic E-state index is 13.7. The zero-order chi connectivity index (χ0) is 13.3. The maximum Gasteiger partial charge on any atom is 0.247 e. The number of piperazine rings is 1. The number of anilines is 1. The lowest BCUT2D eigenvalue weighted by Gasteiger charge is -2.34. The van der Waals surface area contributed by atoms with Crippen molar-refractivity contribution in [2.75, 3.05) is 11.4 Å². The van der Waals surface area contributed by atoms with Crippen LogP contribution in [0.2, 0.25) is 0 Å². The molecule has 2 rings (SSSR count). The second-order valence-corrected chi connectivity index (χ2v) is 3.98. The highest BCUT2D eigenvalue weighted by Gasteiger charge is 2.35. The molecule has 4 nitrogen and oxygen atoms in total. The third-order valence-corrected chi connectivity index (χ3v) is 2.87. The number of amides is 2. The highest BCUT2D eigenvalue weighted by molar-refractivity contribution is 6.06. The summed E-state index contributed by atoms with van der Waals surface area (Å²) in [6.07, 6.45) is 0.327. The van der Waals surface area contributed by atoms with Gasteiger partial charge < -0.3 is 5.32 Å². The van der Waals surface area contributed by atoms with Crippen LogP contribution in [0, 0.1) is 11.6 Å². The summed E-state index contributed by atoms with van der Waals surface area (Å²) in [5.41, 5.74) is -0.193. The predicted octanol–water partition coefficient (Wildman–Crippen LogP) is 1.21. The van der Waals surface area contributed by atoms with Crippen molar-refractivity contribution in [3.63, 3.8) is 0 Å². The lowest BCUT2D eigenvalue weighted by Crippen LogP contribution is -2.58. The largest absolute Gasteiger partial charge is 0.345 e. The van der Waals surface area contributed by atoms with Gasteiger partial charge in [0.15, 0.2) is 11.6 Å². The van der Waals surface area contributed by atoms with E-state index in [-0.39, 0.29) is 18.1 Å². The first-order valence-electron chi connectivity index (χ1n) is 5.60. The van der Waals surface area contributed by atoms with Gasteiger partial charge in [-0.25, -0.2) is 8.78 Å². The van der Waals surface area contributed by atoms with Crippen LogP contribution in [-0.4, -0.2) is 24.4 Å². The van der Waals surface area contributed by atoms with Crippen LogP contribution in [0.1, 0.15) is 13.3 Å². The summed E-state index contributed by atoms with van der Waals surface area (Å²) < 4.78 is 26.9. The quantitative estimate of drug-likeness (QED) is 0.862. The second-order valence-electron chi connectivity index (χ2n) is 3.98. The fourth-order valence-electron chi connectivity index (χ4n) is 2.01. The van der Waals surface area contributed by atoms with E-state index in [0.29, 0.717) is 6.42 Å². The topological polar surface area (TPSA) is 49.4 Å². The molecular weight excluding hydrogens is 242 g/mol. The summed E-state index contributed by atoms with van der Waals surface area (Å²) in [5.74, 6) is -2.97. The Morgan fingerprint density at radius 2 is 2.11 bits per heavy atom. The molecule has 1 heterocycles. The van der Waals surface area contributed by atoms with Crippen molar-refractivity contribution >= 4 is 17.5 Å². The Kier molecular flexibility index (Phi) is 3.27. The van der Waals surface area contributed by atoms with Gasteiger partial charge in [-0.15, -0.1) is 0 Å². The first kappa shape index (κ1) is 12.5. The van der Waals surface area contributed by atoms with E-state index in [2.05, 4.69) is 5.32 Å². The summed E-state index contributed by atoms with van der Waals surface area (Å²) in [7, 11) is 0. The molecule has 0 aromatic heterocycles. The number of carbonyl (C=O) groups is 2. The SMILES string of the molecule is CCC1C(=O)NCC(=O)N1c1cccc(F)c1F. The fourth-order valence-corrected chi connectivity index (χ4v) is 2.01. The van der Waals surface area contributed by atoms with Gasteiger partial charge in [0, 0.05) is 0 Å². The molecule has 0 aliphatic carbocycles. The molecule has 1 unspecified atom stereocenters. The Morgan fingerprint density at radius 1 is 1.39 bits per heavy atom. The van der Waals surface area contributed by atoms with Crippen LogP contribution in [0.4, 0.5) is 14.5 Å². The number of hydrogen-bond acceptors (Lipinski definition) is 2. The number of carbonyl (C=O) groups excluding carboxylic acids is 2. The Labute approximate surface area is 103 Å². The van der Waals surface area contributed by atoms with Gasteiger partial charge in [0.2, 0.25) is 11.8 Å². The number of halogens is 2. The van der Waals surface area contributed by atoms with E-state index in [1.54, 1.807) is 6.92 Å². The zero-order valence-corrected chi connectivity index (χ0v) is 9.74. The standard InChI is InChI=1S/C12H12F2N2O2/c1-2-8-12(18)15-6-10(17)16(8)9-5-3-4-7(13)11(9)14/h3-5,8H,2,6H2,1H3,(H,15,18). The number of hydrogen-bond donors (Lipinski definition) is 1. The van der Waals surface area contributed by atoms with Gasteiger partial charge in [-0.2, -0.15) is 0 Å². The van der Waals surface area contributed by atoms with Crippen molar-refractivity contribution in [3.8, 4) is 0 Å². The lowest BCUT2D eigenvalue weighted by atomic mass is 10.1. The van der Waals surface area contributed by atoms with E-state index < -0.39 is 23.6 Å². The Morgan fingerprint density at radius 3 is 2.78 bits per heavy atom. The molecule has 1 aromatic rings. The Bertz CT molecular complexity index is 505. The van der Waals surface area contributed by atoms with E-state index in [1.165, 1.54) is 12.1 Å². The summed E-state index contributed by atoms with van der Waals surface area (Å²) >= 11 is 0. The molecule has 2 amide bonds. The third-order valence-electron chi connectivity index (χ3n) is 2.87. The van der Waals surface area contributed by atoms with Crippen molar-refractivity contribution in [1.82, 2.24) is 5.32 Å². The molecule has 0 spiro atoms. The summed E-state index contributed by atoms with van der Waals surface area (Å²) in [5, 5.41) is 2.42. The molecule has 0 bridgehead atoms. The minimum atomic E-state index is -1.11. The lowest BCUT2D eigenvalue weighted by molar-refractivity contribution is -0.131. The third kappa shape index (κ3) is 1.94. The van der Waals surface area contributed by atoms with Crippen LogP contribution >= 0.6 is 0 Å². The average Bonchev–Trinajstić information content (AvgIpc) is 2.36. The molecule has 18 heavy (non-hydrogen) atoms. The molecule has 0 radical (unpaired) electrons. The van der Waals surface area contributed by atoms with E-state index >= 15 is 0 Å². The Balaban J connectivity index is 2.48. The average molecular weight is 254 g/mol. The highest BCUT2D eigenvalue weighted by Crippen LogP contribution is 2.26. The first-order valence-corrected chi connectivity index (χ1v) is 5.60. The highest BCUT2D eigenvalue weighted by atomic mass is 19.2. The fraction of sp³-hybridized carbons (Fsp3) is 0.333. The second kappa shape index (κ2) is 4.72. The van der Waals surface area contributed by atoms with Crippen LogP contribution in [-0.2, 0) is 9.59 Å². The molecule has 1 aliphatic rings. The van der Waals surface area contributed by atoms with Gasteiger partial charge in [-0.1, -0.05) is 13.0 Å². The number of rotatable bonds is 2. The zero-order valence-electron chi connectivity index (χ0n) is 9.74. The van der Waals surface area contributed by atoms with E-state index in [4.69, 9.17) is 0 Å². The molecular formula is C12H12F2N2O2. The minimum absolute atomic E-state index is 0.193. The molecule has 1 fully saturated rings. The van der Waals surface area contributed by atoms with Gasteiger partial charge in [0.25, 0.3) is 0 Å². The number of nitrogens with one attached hydrogen (secondary N) is 1. The van der Waals surface area contributed by atoms with Crippen molar-refractivity contribution < 1.29 is 18.4 Å². The van der Waals surface area contributed by atoms with Crippen molar-refractivity contribution in [1.29, 1.82) is 0 Å². The van der Waals surface area contributed by atoms with E-state index in [9.17, 15) is 18.4 Å². The molecule has 1 saturated heterocycles. The smallest absolute Gasteiger partial charge is 0.247 e. The molecule has 1 atom stereocenters. The molecule has 1 aromatic carbocycles. The monoisotopic (exact) mass is 254 g/mol. The van der Waals surface area contributed by atoms with Crippen molar-refractivity contribution in [2.45, 2.75) is 19.4 Å². The molecule has 6 heteroatoms. The summed E-state index contributed by atoms with van der Waals surface area (Å²) in [4.78, 5) is 24.4. The van der Waals surface area contributed by atoms with Crippen LogP contribution in [0.3, 0.4) is 0 Å². The maximum absolute atomic E-state index is 13.7. The van der Waals surface area contributed by atoms with Gasteiger partial charge in [-0.3, -0.25) is 14.5 Å². The first-order chi connectivity index (χ1) is 8.56. The van der Waals surface area contributed by atoms with E-state index in [0.717, 1.165) is 11.0 Å². The van der Waals surface area contributed by atoms with Gasteiger partial charge in [-0.05, 0) is 18.6 Å². The summed E-state index contributed by atoms with van der Waals surface area (Å²) in [6, 6.07) is 2.76. The molecule has 1 aliphatic heterocycles. The summed E-state index contributed by atoms with van der Waals surface area (Å²) in [6.45, 7) is 1.50. The van der Waals surface area contributed by atoms with Gasteiger partial charge in [0.05, 0.1) is 12.2 Å². The Hall–Kier alpha value is -1.98. The van der Waals surface area contributed by atoms with Crippen LogP contribution in [0.5, 0.6) is 0 Å². The molecule has 1 N–H and O–H groups in total. The van der Waals surface area contributed by atoms with Gasteiger partial charge in [0.1, 0.15) is 6.04 Å². The predicted molar refractivity (Wildman–Crippen MR) is 60.9 cm³/mol. The van der Waals surface area contributed by atoms with Crippen molar-refractivity contribution in [2.24, 2.45) is 0 Å². The van der Waals surface area contributed by atoms with Crippen LogP contribution in [0.25, 0.3) is 0 Å². The van der Waals surface area contributed by atoms with Crippen LogP contribution in [0.15, 0.2) is 18.2 Å². The van der Waals surface area contributed by atoms with Crippen LogP contribution < -0.4 is 10.2 Å². The minimum Gasteiger partial charge on any atom is -0.345 e. The van der Waals surface area contributed by atoms with E-state index in [1.807, 2.05) is 0 Å². The van der Waals surface area contributed by atoms with Gasteiger partial charge >= 0.3 is 0 Å². The molecule has 0 saturated carbocycles.